The van der Waals surface area contributed by atoms with Crippen molar-refractivity contribution >= 4 is 15.7 Å². The molecule has 1 heterocycles. The lowest BCUT2D eigenvalue weighted by Crippen LogP contribution is -2.47. The molecule has 0 radical (unpaired) electrons. The fraction of sp³-hybridized carbons (Fsp3) is 0.571. The number of halogens is 1. The van der Waals surface area contributed by atoms with Crippen molar-refractivity contribution in [2.45, 2.75) is 30.7 Å². The van der Waals surface area contributed by atoms with Crippen molar-refractivity contribution in [3.63, 3.8) is 0 Å². The van der Waals surface area contributed by atoms with Crippen LogP contribution in [0.1, 0.15) is 18.4 Å². The third-order valence-corrected chi connectivity index (χ3v) is 5.93. The standard InChI is InChI=1S/C14H22FN3O2S/c1-10-7-12(8-13(16)14(10)15)21(19,20)18(3)11-5-4-6-17(2)9-11/h7-8,11H,4-6,9,16H2,1-3H3. The maximum absolute atomic E-state index is 13.6. The Hall–Kier alpha value is -1.18. The average Bonchev–Trinajstić information content (AvgIpc) is 2.43. The molecule has 7 heteroatoms. The fourth-order valence-corrected chi connectivity index (χ4v) is 4.21. The quantitative estimate of drug-likeness (QED) is 0.857. The summed E-state index contributed by atoms with van der Waals surface area (Å²) < 4.78 is 40.3. The van der Waals surface area contributed by atoms with Crippen LogP contribution in [0, 0.1) is 12.7 Å². The Morgan fingerprint density at radius 3 is 2.67 bits per heavy atom. The van der Waals surface area contributed by atoms with Crippen LogP contribution in [0.5, 0.6) is 0 Å². The first-order valence-electron chi connectivity index (χ1n) is 6.95. The van der Waals surface area contributed by atoms with E-state index >= 15 is 0 Å². The maximum Gasteiger partial charge on any atom is 0.243 e. The molecule has 2 N–H and O–H groups in total. The van der Waals surface area contributed by atoms with E-state index in [9.17, 15) is 12.8 Å². The van der Waals surface area contributed by atoms with E-state index in [0.717, 1.165) is 19.4 Å². The third-order valence-electron chi connectivity index (χ3n) is 4.05. The van der Waals surface area contributed by atoms with Gasteiger partial charge in [-0.1, -0.05) is 0 Å². The van der Waals surface area contributed by atoms with Crippen molar-refractivity contribution in [1.82, 2.24) is 9.21 Å². The van der Waals surface area contributed by atoms with E-state index in [4.69, 9.17) is 5.73 Å². The normalized spacial score (nSPS) is 20.9. The first-order chi connectivity index (χ1) is 9.73. The summed E-state index contributed by atoms with van der Waals surface area (Å²) in [6.45, 7) is 3.19. The number of hydrogen-bond acceptors (Lipinski definition) is 4. The van der Waals surface area contributed by atoms with Gasteiger partial charge in [0.2, 0.25) is 10.0 Å². The van der Waals surface area contributed by atoms with Gasteiger partial charge in [0.05, 0.1) is 10.6 Å². The molecule has 5 nitrogen and oxygen atoms in total. The molecule has 1 aromatic carbocycles. The molecule has 1 aliphatic rings. The zero-order chi connectivity index (χ0) is 15.8. The van der Waals surface area contributed by atoms with Gasteiger partial charge in [-0.25, -0.2) is 12.8 Å². The number of piperidine rings is 1. The van der Waals surface area contributed by atoms with E-state index in [1.54, 1.807) is 7.05 Å². The van der Waals surface area contributed by atoms with E-state index in [-0.39, 0.29) is 22.2 Å². The zero-order valence-corrected chi connectivity index (χ0v) is 13.5. The van der Waals surface area contributed by atoms with Crippen molar-refractivity contribution in [2.75, 3.05) is 32.9 Å². The number of likely N-dealkylation sites (N-methyl/N-ethyl adjacent to an activating group) is 2. The molecule has 0 spiro atoms. The van der Waals surface area contributed by atoms with Gasteiger partial charge in [-0.05, 0) is 51.1 Å². The van der Waals surface area contributed by atoms with Crippen molar-refractivity contribution in [3.05, 3.63) is 23.5 Å². The predicted octanol–water partition coefficient (Wildman–Crippen LogP) is 1.43. The van der Waals surface area contributed by atoms with Crippen LogP contribution in [0.3, 0.4) is 0 Å². The van der Waals surface area contributed by atoms with Gasteiger partial charge in [-0.15, -0.1) is 0 Å². The predicted molar refractivity (Wildman–Crippen MR) is 81.0 cm³/mol. The second-order valence-corrected chi connectivity index (χ2v) is 7.72. The first kappa shape index (κ1) is 16.2. The summed E-state index contributed by atoms with van der Waals surface area (Å²) in [5.74, 6) is -0.561. The Kier molecular flexibility index (Phi) is 4.55. The van der Waals surface area contributed by atoms with Gasteiger partial charge in [-0.3, -0.25) is 0 Å². The molecule has 1 saturated heterocycles. The first-order valence-corrected chi connectivity index (χ1v) is 8.39. The summed E-state index contributed by atoms with van der Waals surface area (Å²) in [6, 6.07) is 2.46. The topological polar surface area (TPSA) is 66.6 Å². The highest BCUT2D eigenvalue weighted by Gasteiger charge is 2.31. The smallest absolute Gasteiger partial charge is 0.243 e. The lowest BCUT2D eigenvalue weighted by Gasteiger charge is -2.35. The molecule has 118 valence electrons. The monoisotopic (exact) mass is 315 g/mol. The highest BCUT2D eigenvalue weighted by Crippen LogP contribution is 2.26. The number of sulfonamides is 1. The van der Waals surface area contributed by atoms with Crippen LogP contribution < -0.4 is 5.73 Å². The van der Waals surface area contributed by atoms with E-state index in [1.165, 1.54) is 23.4 Å². The molecule has 2 rings (SSSR count). The average molecular weight is 315 g/mol. The van der Waals surface area contributed by atoms with Gasteiger partial charge in [0.1, 0.15) is 5.82 Å². The molecule has 0 amide bonds. The van der Waals surface area contributed by atoms with Crippen LogP contribution in [0.15, 0.2) is 17.0 Å². The van der Waals surface area contributed by atoms with E-state index in [1.807, 2.05) is 7.05 Å². The van der Waals surface area contributed by atoms with E-state index in [0.29, 0.717) is 6.54 Å². The summed E-state index contributed by atoms with van der Waals surface area (Å²) >= 11 is 0. The lowest BCUT2D eigenvalue weighted by molar-refractivity contribution is 0.187. The Bertz CT molecular complexity index is 610. The minimum Gasteiger partial charge on any atom is -0.396 e. The molecule has 1 aliphatic heterocycles. The second-order valence-electron chi connectivity index (χ2n) is 5.72. The van der Waals surface area contributed by atoms with E-state index in [2.05, 4.69) is 4.90 Å². The summed E-state index contributed by atoms with van der Waals surface area (Å²) in [7, 11) is -0.108. The van der Waals surface area contributed by atoms with Gasteiger partial charge < -0.3 is 10.6 Å². The SMILES string of the molecule is Cc1cc(S(=O)(=O)N(C)C2CCCN(C)C2)cc(N)c1F. The van der Waals surface area contributed by atoms with Crippen LogP contribution in [0.2, 0.25) is 0 Å². The maximum atomic E-state index is 13.6. The zero-order valence-electron chi connectivity index (χ0n) is 12.6. The molecular formula is C14H22FN3O2S. The molecule has 0 bridgehead atoms. The van der Waals surface area contributed by atoms with Gasteiger partial charge in [0, 0.05) is 19.6 Å². The second kappa shape index (κ2) is 5.90. The molecule has 21 heavy (non-hydrogen) atoms. The molecule has 1 atom stereocenters. The number of nitrogens with zero attached hydrogens (tertiary/aromatic N) is 2. The minimum absolute atomic E-state index is 0.0506. The molecule has 1 fully saturated rings. The highest BCUT2D eigenvalue weighted by atomic mass is 32.2. The number of benzene rings is 1. The van der Waals surface area contributed by atoms with Crippen molar-refractivity contribution in [3.8, 4) is 0 Å². The van der Waals surface area contributed by atoms with Crippen LogP contribution >= 0.6 is 0 Å². The Balaban J connectivity index is 2.33. The van der Waals surface area contributed by atoms with Crippen LogP contribution in [0.25, 0.3) is 0 Å². The summed E-state index contributed by atoms with van der Waals surface area (Å²) in [4.78, 5) is 2.17. The Morgan fingerprint density at radius 1 is 1.43 bits per heavy atom. The summed E-state index contributed by atoms with van der Waals surface area (Å²) in [6.07, 6.45) is 1.79. The number of hydrogen-bond donors (Lipinski definition) is 1. The summed E-state index contributed by atoms with van der Waals surface area (Å²) in [5, 5.41) is 0. The minimum atomic E-state index is -3.66. The van der Waals surface area contributed by atoms with Gasteiger partial charge in [0.15, 0.2) is 0 Å². The van der Waals surface area contributed by atoms with Crippen LogP contribution in [0.4, 0.5) is 10.1 Å². The molecule has 1 aromatic rings. The number of nitrogens with two attached hydrogens (primary N) is 1. The number of aryl methyl sites for hydroxylation is 1. The Labute approximate surface area is 125 Å². The van der Waals surface area contributed by atoms with Crippen molar-refractivity contribution in [1.29, 1.82) is 0 Å². The largest absolute Gasteiger partial charge is 0.396 e. The molecule has 0 saturated carbocycles. The molecule has 0 aliphatic carbocycles. The van der Waals surface area contributed by atoms with Crippen LogP contribution in [-0.4, -0.2) is 50.8 Å². The van der Waals surface area contributed by atoms with Gasteiger partial charge in [-0.2, -0.15) is 4.31 Å². The molecule has 1 unspecified atom stereocenters. The van der Waals surface area contributed by atoms with Crippen molar-refractivity contribution < 1.29 is 12.8 Å². The van der Waals surface area contributed by atoms with Crippen LogP contribution in [-0.2, 0) is 10.0 Å². The number of anilines is 1. The van der Waals surface area contributed by atoms with Crippen molar-refractivity contribution in [2.24, 2.45) is 0 Å². The Morgan fingerprint density at radius 2 is 2.10 bits per heavy atom. The number of nitrogen functional groups attached to an aromatic ring is 1. The number of rotatable bonds is 3. The lowest BCUT2D eigenvalue weighted by atomic mass is 10.1. The highest BCUT2D eigenvalue weighted by molar-refractivity contribution is 7.89. The molecular weight excluding hydrogens is 293 g/mol. The summed E-state index contributed by atoms with van der Waals surface area (Å²) in [5.41, 5.74) is 5.65. The molecule has 0 aromatic heterocycles. The van der Waals surface area contributed by atoms with Gasteiger partial charge >= 0.3 is 0 Å². The van der Waals surface area contributed by atoms with Gasteiger partial charge in [0.25, 0.3) is 0 Å². The number of likely N-dealkylation sites (tertiary alicyclic amines) is 1. The fourth-order valence-electron chi connectivity index (χ4n) is 2.71. The third kappa shape index (κ3) is 3.20. The van der Waals surface area contributed by atoms with E-state index < -0.39 is 15.8 Å².